The van der Waals surface area contributed by atoms with Gasteiger partial charge in [-0.25, -0.2) is 4.98 Å². The molecule has 0 saturated carbocycles. The zero-order valence-electron chi connectivity index (χ0n) is 15.1. The van der Waals surface area contributed by atoms with Crippen molar-refractivity contribution in [1.82, 2.24) is 10.3 Å². The Labute approximate surface area is 130 Å². The van der Waals surface area contributed by atoms with Crippen molar-refractivity contribution in [2.24, 2.45) is 5.92 Å². The summed E-state index contributed by atoms with van der Waals surface area (Å²) in [6, 6.07) is 4.38. The summed E-state index contributed by atoms with van der Waals surface area (Å²) in [4.78, 5) is 4.79. The molecule has 0 unspecified atom stereocenters. The van der Waals surface area contributed by atoms with Gasteiger partial charge in [0.2, 0.25) is 0 Å². The minimum absolute atomic E-state index is 0.0200. The molecule has 120 valence electrons. The summed E-state index contributed by atoms with van der Waals surface area (Å²) >= 11 is 0. The molecule has 0 atom stereocenters. The third kappa shape index (κ3) is 6.94. The Bertz CT molecular complexity index is 451. The third-order valence-corrected chi connectivity index (χ3v) is 3.04. The van der Waals surface area contributed by atoms with Crippen LogP contribution in [0.15, 0.2) is 12.1 Å². The number of anilines is 1. The molecule has 0 radical (unpaired) electrons. The van der Waals surface area contributed by atoms with Crippen LogP contribution >= 0.6 is 0 Å². The number of aromatic nitrogens is 1. The Morgan fingerprint density at radius 3 is 2.14 bits per heavy atom. The van der Waals surface area contributed by atoms with Gasteiger partial charge in [-0.1, -0.05) is 34.6 Å². The molecule has 0 aromatic carbocycles. The number of rotatable bonds is 5. The lowest BCUT2D eigenvalue weighted by atomic mass is 9.90. The molecule has 0 spiro atoms. The van der Waals surface area contributed by atoms with Gasteiger partial charge in [-0.2, -0.15) is 0 Å². The van der Waals surface area contributed by atoms with E-state index in [1.807, 2.05) is 0 Å². The summed E-state index contributed by atoms with van der Waals surface area (Å²) in [5.41, 5.74) is 2.51. The number of hydrogen-bond donors (Lipinski definition) is 2. The van der Waals surface area contributed by atoms with Crippen LogP contribution in [0.5, 0.6) is 0 Å². The van der Waals surface area contributed by atoms with Crippen molar-refractivity contribution >= 4 is 5.82 Å². The fourth-order valence-electron chi connectivity index (χ4n) is 2.03. The molecule has 0 aliphatic carbocycles. The highest BCUT2D eigenvalue weighted by molar-refractivity contribution is 5.43. The number of nitrogens with one attached hydrogen (secondary N) is 2. The van der Waals surface area contributed by atoms with Crippen LogP contribution in [0.1, 0.15) is 66.6 Å². The van der Waals surface area contributed by atoms with E-state index in [9.17, 15) is 0 Å². The Morgan fingerprint density at radius 1 is 1.05 bits per heavy atom. The Morgan fingerprint density at radius 2 is 1.67 bits per heavy atom. The molecule has 3 nitrogen and oxygen atoms in total. The Kier molecular flexibility index (Phi) is 5.80. The van der Waals surface area contributed by atoms with E-state index in [4.69, 9.17) is 4.98 Å². The second kappa shape index (κ2) is 6.78. The second-order valence-electron chi connectivity index (χ2n) is 8.40. The fourth-order valence-corrected chi connectivity index (χ4v) is 2.03. The van der Waals surface area contributed by atoms with Gasteiger partial charge in [0.25, 0.3) is 0 Å². The van der Waals surface area contributed by atoms with Crippen LogP contribution in [0.2, 0.25) is 0 Å². The molecule has 1 aromatic rings. The maximum Gasteiger partial charge on any atom is 0.126 e. The van der Waals surface area contributed by atoms with Crippen molar-refractivity contribution in [2.75, 3.05) is 11.9 Å². The van der Waals surface area contributed by atoms with Crippen molar-refractivity contribution in [2.45, 2.75) is 72.9 Å². The van der Waals surface area contributed by atoms with Gasteiger partial charge in [-0.05, 0) is 50.9 Å². The minimum atomic E-state index is 0.0200. The smallest absolute Gasteiger partial charge is 0.126 e. The molecule has 0 fully saturated rings. The molecule has 21 heavy (non-hydrogen) atoms. The van der Waals surface area contributed by atoms with Gasteiger partial charge in [-0.15, -0.1) is 0 Å². The quantitative estimate of drug-likeness (QED) is 0.847. The van der Waals surface area contributed by atoms with E-state index in [0.29, 0.717) is 5.92 Å². The summed E-state index contributed by atoms with van der Waals surface area (Å²) in [5, 5.41) is 7.01. The molecule has 0 aliphatic heterocycles. The first kappa shape index (κ1) is 18.0. The number of hydrogen-bond acceptors (Lipinski definition) is 3. The average Bonchev–Trinajstić information content (AvgIpc) is 2.24. The van der Waals surface area contributed by atoms with Crippen LogP contribution in [-0.2, 0) is 12.0 Å². The van der Waals surface area contributed by atoms with Crippen molar-refractivity contribution in [3.05, 3.63) is 23.4 Å². The highest BCUT2D eigenvalue weighted by Gasteiger charge is 2.19. The lowest BCUT2D eigenvalue weighted by molar-refractivity contribution is 0.545. The highest BCUT2D eigenvalue weighted by atomic mass is 15.0. The number of pyridine rings is 1. The molecular weight excluding hydrogens is 258 g/mol. The molecule has 0 bridgehead atoms. The molecule has 0 saturated heterocycles. The van der Waals surface area contributed by atoms with Gasteiger partial charge in [0.15, 0.2) is 0 Å². The summed E-state index contributed by atoms with van der Waals surface area (Å²) in [6.07, 6.45) is 0. The van der Waals surface area contributed by atoms with Gasteiger partial charge >= 0.3 is 0 Å². The molecule has 1 heterocycles. The van der Waals surface area contributed by atoms with E-state index < -0.39 is 0 Å². The van der Waals surface area contributed by atoms with Crippen LogP contribution in [-0.4, -0.2) is 17.1 Å². The summed E-state index contributed by atoms with van der Waals surface area (Å²) in [6.45, 7) is 19.5. The van der Waals surface area contributed by atoms with Gasteiger partial charge in [0, 0.05) is 23.2 Å². The zero-order chi connectivity index (χ0) is 16.3. The maximum atomic E-state index is 4.79. The van der Waals surface area contributed by atoms with Crippen LogP contribution in [0, 0.1) is 5.92 Å². The molecule has 3 heteroatoms. The van der Waals surface area contributed by atoms with E-state index in [0.717, 1.165) is 24.6 Å². The molecule has 1 aromatic heterocycles. The van der Waals surface area contributed by atoms with E-state index in [1.54, 1.807) is 0 Å². The van der Waals surface area contributed by atoms with E-state index in [1.165, 1.54) is 5.56 Å². The van der Waals surface area contributed by atoms with E-state index in [-0.39, 0.29) is 11.0 Å². The Hall–Kier alpha value is -1.09. The van der Waals surface area contributed by atoms with Gasteiger partial charge in [0.05, 0.1) is 0 Å². The average molecular weight is 291 g/mol. The van der Waals surface area contributed by atoms with Gasteiger partial charge < -0.3 is 10.6 Å². The fraction of sp³-hybridized carbons (Fsp3) is 0.722. The topological polar surface area (TPSA) is 37.0 Å². The van der Waals surface area contributed by atoms with Crippen molar-refractivity contribution in [3.8, 4) is 0 Å². The standard InChI is InChI=1S/C18H33N3/c1-13(2)11-19-12-14-9-15(17(3,4)5)20-16(10-14)21-18(6,7)8/h9-10,13,19H,11-12H2,1-8H3,(H,20,21). The lowest BCUT2D eigenvalue weighted by Crippen LogP contribution is -2.28. The van der Waals surface area contributed by atoms with Gasteiger partial charge in [0.1, 0.15) is 5.82 Å². The first-order valence-electron chi connectivity index (χ1n) is 7.98. The lowest BCUT2D eigenvalue weighted by Gasteiger charge is -2.25. The normalized spacial score (nSPS) is 12.8. The summed E-state index contributed by atoms with van der Waals surface area (Å²) in [7, 11) is 0. The van der Waals surface area contributed by atoms with Crippen molar-refractivity contribution in [1.29, 1.82) is 0 Å². The minimum Gasteiger partial charge on any atom is -0.365 e. The largest absolute Gasteiger partial charge is 0.365 e. The van der Waals surface area contributed by atoms with Crippen LogP contribution in [0.3, 0.4) is 0 Å². The van der Waals surface area contributed by atoms with Crippen molar-refractivity contribution in [3.63, 3.8) is 0 Å². The molecule has 1 rings (SSSR count). The Balaban J connectivity index is 2.98. The monoisotopic (exact) mass is 291 g/mol. The predicted octanol–water partition coefficient (Wildman–Crippen LogP) is 4.34. The SMILES string of the molecule is CC(C)CNCc1cc(NC(C)(C)C)nc(C(C)(C)C)c1. The predicted molar refractivity (Wildman–Crippen MR) is 92.9 cm³/mol. The maximum absolute atomic E-state index is 4.79. The first-order valence-corrected chi connectivity index (χ1v) is 7.98. The molecule has 2 N–H and O–H groups in total. The molecule has 0 aliphatic rings. The zero-order valence-corrected chi connectivity index (χ0v) is 15.1. The van der Waals surface area contributed by atoms with Crippen LogP contribution < -0.4 is 10.6 Å². The van der Waals surface area contributed by atoms with E-state index >= 15 is 0 Å². The molecule has 0 amide bonds. The second-order valence-corrected chi connectivity index (χ2v) is 8.40. The van der Waals surface area contributed by atoms with Crippen LogP contribution in [0.4, 0.5) is 5.82 Å². The summed E-state index contributed by atoms with van der Waals surface area (Å²) < 4.78 is 0. The number of nitrogens with zero attached hydrogens (tertiary/aromatic N) is 1. The van der Waals surface area contributed by atoms with Crippen molar-refractivity contribution < 1.29 is 0 Å². The summed E-state index contributed by atoms with van der Waals surface area (Å²) in [5.74, 6) is 1.64. The van der Waals surface area contributed by atoms with Crippen LogP contribution in [0.25, 0.3) is 0 Å². The van der Waals surface area contributed by atoms with Gasteiger partial charge in [-0.3, -0.25) is 0 Å². The highest BCUT2D eigenvalue weighted by Crippen LogP contribution is 2.24. The molecular formula is C18H33N3. The third-order valence-electron chi connectivity index (χ3n) is 3.04. The first-order chi connectivity index (χ1) is 9.47. The van der Waals surface area contributed by atoms with E-state index in [2.05, 4.69) is 78.2 Å².